The third kappa shape index (κ3) is 3.98. The number of nitrogens with one attached hydrogen (secondary N) is 1. The lowest BCUT2D eigenvalue weighted by Gasteiger charge is -2.27. The molecule has 4 rings (SSSR count). The zero-order valence-corrected chi connectivity index (χ0v) is 15.7. The van der Waals surface area contributed by atoms with Gasteiger partial charge in [0.25, 0.3) is 5.91 Å². The van der Waals surface area contributed by atoms with Gasteiger partial charge in [0.15, 0.2) is 0 Å². The van der Waals surface area contributed by atoms with Crippen LogP contribution < -0.4 is 10.2 Å². The zero-order chi connectivity index (χ0) is 18.7. The molecule has 2 aromatic rings. The van der Waals surface area contributed by atoms with Crippen LogP contribution in [0.5, 0.6) is 0 Å². The lowest BCUT2D eigenvalue weighted by atomic mass is 9.94. The Morgan fingerprint density at radius 2 is 1.89 bits per heavy atom. The molecule has 5 nitrogen and oxygen atoms in total. The van der Waals surface area contributed by atoms with Crippen LogP contribution >= 0.6 is 0 Å². The average Bonchev–Trinajstić information content (AvgIpc) is 3.01. The lowest BCUT2D eigenvalue weighted by Crippen LogP contribution is -2.36. The summed E-state index contributed by atoms with van der Waals surface area (Å²) < 4.78 is 0. The Kier molecular flexibility index (Phi) is 5.12. The molecule has 1 aromatic carbocycles. The minimum Gasteiger partial charge on any atom is -0.388 e. The summed E-state index contributed by atoms with van der Waals surface area (Å²) in [5, 5.41) is 14.0. The summed E-state index contributed by atoms with van der Waals surface area (Å²) in [4.78, 5) is 19.1. The molecule has 1 fully saturated rings. The summed E-state index contributed by atoms with van der Waals surface area (Å²) in [6.45, 7) is 1.22. The van der Waals surface area contributed by atoms with Gasteiger partial charge in [-0.3, -0.25) is 4.79 Å². The molecule has 1 aromatic heterocycles. The van der Waals surface area contributed by atoms with Crippen molar-refractivity contribution >= 4 is 17.4 Å². The smallest absolute Gasteiger partial charge is 0.259 e. The zero-order valence-electron chi connectivity index (χ0n) is 15.7. The number of aliphatic hydroxyl groups is 1. The summed E-state index contributed by atoms with van der Waals surface area (Å²) in [6, 6.07) is 11.7. The number of carbonyl (C=O) groups excluding carboxylic acids is 1. The lowest BCUT2D eigenvalue weighted by molar-refractivity contribution is 0.0380. The molecule has 0 bridgehead atoms. The molecule has 142 valence electrons. The molecule has 0 radical (unpaired) electrons. The van der Waals surface area contributed by atoms with E-state index in [0.29, 0.717) is 24.5 Å². The van der Waals surface area contributed by atoms with Crippen molar-refractivity contribution in [2.75, 3.05) is 23.3 Å². The fraction of sp³-hybridized carbons (Fsp3) is 0.455. The van der Waals surface area contributed by atoms with Gasteiger partial charge in [-0.05, 0) is 43.0 Å². The van der Waals surface area contributed by atoms with E-state index in [1.54, 1.807) is 6.20 Å². The quantitative estimate of drug-likeness (QED) is 0.809. The molecule has 2 N–H and O–H groups in total. The second kappa shape index (κ2) is 7.69. The van der Waals surface area contributed by atoms with Crippen molar-refractivity contribution in [3.8, 4) is 0 Å². The Morgan fingerprint density at radius 1 is 1.11 bits per heavy atom. The fourth-order valence-corrected chi connectivity index (χ4v) is 4.15. The number of fused-ring (bicyclic) bond motifs is 1. The Balaban J connectivity index is 1.40. The predicted octanol–water partition coefficient (Wildman–Crippen LogP) is 3.78. The molecule has 0 spiro atoms. The normalized spacial score (nSPS) is 18.6. The van der Waals surface area contributed by atoms with Crippen molar-refractivity contribution in [2.45, 2.75) is 50.5 Å². The van der Waals surface area contributed by atoms with Crippen LogP contribution in [0.3, 0.4) is 0 Å². The first-order valence-corrected chi connectivity index (χ1v) is 9.97. The highest BCUT2D eigenvalue weighted by Crippen LogP contribution is 2.29. The molecule has 1 aliphatic carbocycles. The van der Waals surface area contributed by atoms with Gasteiger partial charge in [-0.25, -0.2) is 4.98 Å². The van der Waals surface area contributed by atoms with E-state index in [-0.39, 0.29) is 5.91 Å². The monoisotopic (exact) mass is 365 g/mol. The van der Waals surface area contributed by atoms with Gasteiger partial charge in [-0.2, -0.15) is 0 Å². The van der Waals surface area contributed by atoms with E-state index in [1.165, 1.54) is 18.4 Å². The molecule has 5 heteroatoms. The molecule has 0 unspecified atom stereocenters. The van der Waals surface area contributed by atoms with Gasteiger partial charge >= 0.3 is 0 Å². The van der Waals surface area contributed by atoms with Gasteiger partial charge in [0.05, 0.1) is 11.2 Å². The summed E-state index contributed by atoms with van der Waals surface area (Å²) >= 11 is 0. The van der Waals surface area contributed by atoms with Crippen molar-refractivity contribution in [1.29, 1.82) is 0 Å². The number of aromatic nitrogens is 1. The van der Waals surface area contributed by atoms with E-state index in [1.807, 2.05) is 35.2 Å². The SMILES string of the molecule is O=C(c1ccc(NCC2(O)CCCCCC2)nc1)N1CCc2ccccc21. The first-order chi connectivity index (χ1) is 13.1. The molecule has 2 aliphatic rings. The van der Waals surface area contributed by atoms with Crippen molar-refractivity contribution < 1.29 is 9.90 Å². The molecule has 1 amide bonds. The van der Waals surface area contributed by atoms with Crippen LogP contribution in [0.2, 0.25) is 0 Å². The van der Waals surface area contributed by atoms with Crippen molar-refractivity contribution in [3.63, 3.8) is 0 Å². The van der Waals surface area contributed by atoms with Crippen molar-refractivity contribution in [2.24, 2.45) is 0 Å². The molecule has 27 heavy (non-hydrogen) atoms. The Morgan fingerprint density at radius 3 is 2.63 bits per heavy atom. The van der Waals surface area contributed by atoms with Gasteiger partial charge in [-0.1, -0.05) is 43.9 Å². The number of rotatable bonds is 4. The van der Waals surface area contributed by atoms with Gasteiger partial charge in [0.2, 0.25) is 0 Å². The number of carbonyl (C=O) groups is 1. The van der Waals surface area contributed by atoms with Crippen molar-refractivity contribution in [3.05, 3.63) is 53.7 Å². The number of hydrogen-bond acceptors (Lipinski definition) is 4. The third-order valence-corrected chi connectivity index (χ3v) is 5.78. The van der Waals surface area contributed by atoms with Crippen LogP contribution in [0.4, 0.5) is 11.5 Å². The average molecular weight is 365 g/mol. The Bertz CT molecular complexity index is 795. The van der Waals surface area contributed by atoms with Crippen LogP contribution in [-0.2, 0) is 6.42 Å². The molecule has 0 atom stereocenters. The van der Waals surface area contributed by atoms with Gasteiger partial charge in [0, 0.05) is 25.0 Å². The summed E-state index contributed by atoms with van der Waals surface area (Å²) in [5.74, 6) is 0.687. The van der Waals surface area contributed by atoms with Crippen LogP contribution in [-0.4, -0.2) is 34.7 Å². The largest absolute Gasteiger partial charge is 0.388 e. The molecular formula is C22H27N3O2. The van der Waals surface area contributed by atoms with Gasteiger partial charge in [0.1, 0.15) is 5.82 Å². The predicted molar refractivity (Wildman–Crippen MR) is 107 cm³/mol. The summed E-state index contributed by atoms with van der Waals surface area (Å²) in [5.41, 5.74) is 2.16. The van der Waals surface area contributed by atoms with E-state index >= 15 is 0 Å². The van der Waals surface area contributed by atoms with Gasteiger partial charge < -0.3 is 15.3 Å². The molecule has 1 aliphatic heterocycles. The van der Waals surface area contributed by atoms with E-state index in [4.69, 9.17) is 0 Å². The summed E-state index contributed by atoms with van der Waals surface area (Å²) in [6.07, 6.45) is 8.77. The molecule has 2 heterocycles. The minimum absolute atomic E-state index is 0.0126. The van der Waals surface area contributed by atoms with Crippen molar-refractivity contribution in [1.82, 2.24) is 4.98 Å². The van der Waals surface area contributed by atoms with Gasteiger partial charge in [-0.15, -0.1) is 0 Å². The standard InChI is InChI=1S/C22H27N3O2/c26-21(25-14-11-17-7-3-4-8-19(17)25)18-9-10-20(23-15-18)24-16-22(27)12-5-1-2-6-13-22/h3-4,7-10,15,27H,1-2,5-6,11-14,16H2,(H,23,24). The van der Waals surface area contributed by atoms with E-state index in [0.717, 1.165) is 37.8 Å². The molecule has 1 saturated carbocycles. The highest BCUT2D eigenvalue weighted by molar-refractivity contribution is 6.07. The number of pyridine rings is 1. The topological polar surface area (TPSA) is 65.5 Å². The second-order valence-electron chi connectivity index (χ2n) is 7.76. The van der Waals surface area contributed by atoms with E-state index in [2.05, 4.69) is 16.4 Å². The number of benzene rings is 1. The summed E-state index contributed by atoms with van der Waals surface area (Å²) in [7, 11) is 0. The number of anilines is 2. The maximum Gasteiger partial charge on any atom is 0.259 e. The maximum absolute atomic E-state index is 12.8. The number of para-hydroxylation sites is 1. The number of hydrogen-bond donors (Lipinski definition) is 2. The van der Waals surface area contributed by atoms with E-state index < -0.39 is 5.60 Å². The van der Waals surface area contributed by atoms with Crippen LogP contribution in [0.25, 0.3) is 0 Å². The Labute approximate surface area is 160 Å². The second-order valence-corrected chi connectivity index (χ2v) is 7.76. The van der Waals surface area contributed by atoms with Crippen LogP contribution in [0.15, 0.2) is 42.6 Å². The molecular weight excluding hydrogens is 338 g/mol. The maximum atomic E-state index is 12.8. The first kappa shape index (κ1) is 18.0. The molecule has 0 saturated heterocycles. The minimum atomic E-state index is -0.647. The highest BCUT2D eigenvalue weighted by Gasteiger charge is 2.28. The highest BCUT2D eigenvalue weighted by atomic mass is 16.3. The fourth-order valence-electron chi connectivity index (χ4n) is 4.15. The van der Waals surface area contributed by atoms with Crippen LogP contribution in [0, 0.1) is 0 Å². The third-order valence-electron chi connectivity index (χ3n) is 5.78. The first-order valence-electron chi connectivity index (χ1n) is 9.97. The number of nitrogens with zero attached hydrogens (tertiary/aromatic N) is 2. The number of amides is 1. The Hall–Kier alpha value is -2.40. The van der Waals surface area contributed by atoms with Crippen LogP contribution in [0.1, 0.15) is 54.4 Å². The van der Waals surface area contributed by atoms with E-state index in [9.17, 15) is 9.90 Å².